The minimum Gasteiger partial charge on any atom is -0.340 e. The van der Waals surface area contributed by atoms with Crippen LogP contribution >= 0.6 is 0 Å². The molecule has 1 aromatic rings. The molecule has 110 valence electrons. The molecule has 0 aliphatic carbocycles. The summed E-state index contributed by atoms with van der Waals surface area (Å²) in [7, 11) is -3.47. The van der Waals surface area contributed by atoms with E-state index in [0.717, 1.165) is 25.0 Å². The summed E-state index contributed by atoms with van der Waals surface area (Å²) in [6.45, 7) is 2.48. The Labute approximate surface area is 118 Å². The van der Waals surface area contributed by atoms with Gasteiger partial charge in [0.2, 0.25) is 5.91 Å². The quantitative estimate of drug-likeness (QED) is 0.781. The number of rotatable bonds is 5. The fraction of sp³-hybridized carbons (Fsp3) is 0.500. The number of amides is 1. The SMILES string of the molecule is CCCCC(=O)N1CC(S(=O)(=O)c2ccc(F)cc2)C1. The van der Waals surface area contributed by atoms with Crippen LogP contribution in [0.3, 0.4) is 0 Å². The molecule has 0 saturated carbocycles. The second kappa shape index (κ2) is 5.91. The Morgan fingerprint density at radius 2 is 1.90 bits per heavy atom. The molecular weight excluding hydrogens is 281 g/mol. The molecule has 1 aliphatic rings. The number of halogens is 1. The average molecular weight is 299 g/mol. The van der Waals surface area contributed by atoms with Crippen LogP contribution in [0, 0.1) is 5.82 Å². The van der Waals surface area contributed by atoms with Crippen molar-refractivity contribution in [3.8, 4) is 0 Å². The van der Waals surface area contributed by atoms with Crippen molar-refractivity contribution in [2.75, 3.05) is 13.1 Å². The fourth-order valence-corrected chi connectivity index (χ4v) is 3.79. The van der Waals surface area contributed by atoms with Gasteiger partial charge in [0.1, 0.15) is 11.1 Å². The van der Waals surface area contributed by atoms with Crippen molar-refractivity contribution in [1.82, 2.24) is 4.90 Å². The summed E-state index contributed by atoms with van der Waals surface area (Å²) in [5, 5.41) is -0.571. The van der Waals surface area contributed by atoms with E-state index in [2.05, 4.69) is 0 Å². The van der Waals surface area contributed by atoms with Gasteiger partial charge in [0.05, 0.1) is 4.90 Å². The van der Waals surface area contributed by atoms with Crippen molar-refractivity contribution in [3.05, 3.63) is 30.1 Å². The number of carbonyl (C=O) groups is 1. The molecule has 20 heavy (non-hydrogen) atoms. The smallest absolute Gasteiger partial charge is 0.222 e. The molecule has 0 radical (unpaired) electrons. The Kier molecular flexibility index (Phi) is 4.42. The first-order valence-electron chi connectivity index (χ1n) is 6.72. The van der Waals surface area contributed by atoms with Crippen molar-refractivity contribution in [1.29, 1.82) is 0 Å². The summed E-state index contributed by atoms with van der Waals surface area (Å²) in [6, 6.07) is 4.81. The molecule has 6 heteroatoms. The van der Waals surface area contributed by atoms with Crippen molar-refractivity contribution < 1.29 is 17.6 Å². The van der Waals surface area contributed by atoms with Gasteiger partial charge in [-0.3, -0.25) is 4.79 Å². The lowest BCUT2D eigenvalue weighted by molar-refractivity contribution is -0.134. The normalized spacial score (nSPS) is 16.0. The van der Waals surface area contributed by atoms with Gasteiger partial charge >= 0.3 is 0 Å². The molecule has 1 heterocycles. The molecule has 0 N–H and O–H groups in total. The Hall–Kier alpha value is -1.43. The molecule has 1 fully saturated rings. The van der Waals surface area contributed by atoms with E-state index < -0.39 is 20.9 Å². The van der Waals surface area contributed by atoms with Crippen LogP contribution in [0.2, 0.25) is 0 Å². The summed E-state index contributed by atoms with van der Waals surface area (Å²) in [6.07, 6.45) is 2.24. The highest BCUT2D eigenvalue weighted by Crippen LogP contribution is 2.24. The standard InChI is InChI=1S/C14H18FNO3S/c1-2-3-4-14(17)16-9-13(10-16)20(18,19)12-7-5-11(15)6-8-12/h5-8,13H,2-4,9-10H2,1H3. The van der Waals surface area contributed by atoms with Crippen LogP contribution in [0.15, 0.2) is 29.2 Å². The highest BCUT2D eigenvalue weighted by molar-refractivity contribution is 7.92. The van der Waals surface area contributed by atoms with E-state index in [1.807, 2.05) is 6.92 Å². The number of sulfone groups is 1. The first kappa shape index (κ1) is 15.0. The maximum Gasteiger partial charge on any atom is 0.222 e. The Morgan fingerprint density at radius 3 is 2.45 bits per heavy atom. The fourth-order valence-electron chi connectivity index (χ4n) is 2.14. The zero-order chi connectivity index (χ0) is 14.8. The lowest BCUT2D eigenvalue weighted by Crippen LogP contribution is -2.56. The zero-order valence-corrected chi connectivity index (χ0v) is 12.2. The summed E-state index contributed by atoms with van der Waals surface area (Å²) in [4.78, 5) is 13.4. The Balaban J connectivity index is 1.97. The van der Waals surface area contributed by atoms with Crippen LogP contribution in [0.5, 0.6) is 0 Å². The second-order valence-corrected chi connectivity index (χ2v) is 7.25. The van der Waals surface area contributed by atoms with Gasteiger partial charge < -0.3 is 4.90 Å². The van der Waals surface area contributed by atoms with Gasteiger partial charge in [-0.2, -0.15) is 0 Å². The van der Waals surface area contributed by atoms with Gasteiger partial charge in [-0.25, -0.2) is 12.8 Å². The third-order valence-electron chi connectivity index (χ3n) is 3.53. The molecule has 1 aliphatic heterocycles. The van der Waals surface area contributed by atoms with E-state index in [0.29, 0.717) is 6.42 Å². The van der Waals surface area contributed by atoms with E-state index in [-0.39, 0.29) is 23.9 Å². The van der Waals surface area contributed by atoms with Gasteiger partial charge in [0.15, 0.2) is 9.84 Å². The predicted octanol–water partition coefficient (Wildman–Crippen LogP) is 2.00. The molecule has 0 spiro atoms. The van der Waals surface area contributed by atoms with Crippen LogP contribution in [-0.2, 0) is 14.6 Å². The molecule has 1 amide bonds. The van der Waals surface area contributed by atoms with Crippen molar-refractivity contribution in [2.45, 2.75) is 36.3 Å². The largest absolute Gasteiger partial charge is 0.340 e. The highest BCUT2D eigenvalue weighted by atomic mass is 32.2. The third-order valence-corrected chi connectivity index (χ3v) is 5.63. The molecule has 0 unspecified atom stereocenters. The molecule has 1 aromatic carbocycles. The molecule has 0 aromatic heterocycles. The molecule has 0 atom stereocenters. The molecular formula is C14H18FNO3S. The number of carbonyl (C=O) groups excluding carboxylic acids is 1. The molecule has 2 rings (SSSR count). The number of likely N-dealkylation sites (tertiary alicyclic amines) is 1. The van der Waals surface area contributed by atoms with Gasteiger partial charge in [0.25, 0.3) is 0 Å². The summed E-state index contributed by atoms with van der Waals surface area (Å²) < 4.78 is 37.3. The van der Waals surface area contributed by atoms with E-state index in [9.17, 15) is 17.6 Å². The highest BCUT2D eigenvalue weighted by Gasteiger charge is 2.40. The van der Waals surface area contributed by atoms with Gasteiger partial charge in [-0.15, -0.1) is 0 Å². The average Bonchev–Trinajstić information content (AvgIpc) is 2.34. The monoisotopic (exact) mass is 299 g/mol. The van der Waals surface area contributed by atoms with E-state index in [1.54, 1.807) is 4.90 Å². The third kappa shape index (κ3) is 3.00. The number of hydrogen-bond donors (Lipinski definition) is 0. The van der Waals surface area contributed by atoms with E-state index in [1.165, 1.54) is 12.1 Å². The van der Waals surface area contributed by atoms with Crippen molar-refractivity contribution >= 4 is 15.7 Å². The van der Waals surface area contributed by atoms with Crippen LogP contribution < -0.4 is 0 Å². The van der Waals surface area contributed by atoms with Crippen LogP contribution in [0.1, 0.15) is 26.2 Å². The Morgan fingerprint density at radius 1 is 1.30 bits per heavy atom. The van der Waals surface area contributed by atoms with Gasteiger partial charge in [-0.1, -0.05) is 13.3 Å². The first-order chi connectivity index (χ1) is 9.45. The summed E-state index contributed by atoms with van der Waals surface area (Å²) in [5.41, 5.74) is 0. The predicted molar refractivity (Wildman–Crippen MR) is 73.5 cm³/mol. The Bertz CT molecular complexity index is 577. The van der Waals surface area contributed by atoms with Crippen LogP contribution in [-0.4, -0.2) is 37.6 Å². The maximum atomic E-state index is 12.8. The lowest BCUT2D eigenvalue weighted by atomic mass is 10.1. The topological polar surface area (TPSA) is 54.5 Å². The molecule has 1 saturated heterocycles. The lowest BCUT2D eigenvalue weighted by Gasteiger charge is -2.38. The van der Waals surface area contributed by atoms with E-state index in [4.69, 9.17) is 0 Å². The van der Waals surface area contributed by atoms with Gasteiger partial charge in [-0.05, 0) is 30.7 Å². The minimum atomic E-state index is -3.47. The van der Waals surface area contributed by atoms with E-state index >= 15 is 0 Å². The van der Waals surface area contributed by atoms with Crippen LogP contribution in [0.25, 0.3) is 0 Å². The number of nitrogens with zero attached hydrogens (tertiary/aromatic N) is 1. The second-order valence-electron chi connectivity index (χ2n) is 5.02. The molecule has 0 bridgehead atoms. The molecule has 4 nitrogen and oxygen atoms in total. The first-order valence-corrected chi connectivity index (χ1v) is 8.27. The minimum absolute atomic E-state index is 0.0115. The zero-order valence-electron chi connectivity index (χ0n) is 11.4. The van der Waals surface area contributed by atoms with Crippen molar-refractivity contribution in [2.24, 2.45) is 0 Å². The van der Waals surface area contributed by atoms with Crippen LogP contribution in [0.4, 0.5) is 4.39 Å². The van der Waals surface area contributed by atoms with Gasteiger partial charge in [0, 0.05) is 19.5 Å². The number of unbranched alkanes of at least 4 members (excludes halogenated alkanes) is 1. The number of benzene rings is 1. The van der Waals surface area contributed by atoms with Crippen molar-refractivity contribution in [3.63, 3.8) is 0 Å². The number of hydrogen-bond acceptors (Lipinski definition) is 3. The maximum absolute atomic E-state index is 12.8. The summed E-state index contributed by atoms with van der Waals surface area (Å²) >= 11 is 0. The summed E-state index contributed by atoms with van der Waals surface area (Å²) in [5.74, 6) is -0.452.